The molecule has 2 aromatic carbocycles. The van der Waals surface area contributed by atoms with Crippen LogP contribution in [0.2, 0.25) is 0 Å². The molecular formula is C22H26O8. The van der Waals surface area contributed by atoms with E-state index in [9.17, 15) is 4.79 Å². The van der Waals surface area contributed by atoms with Crippen LogP contribution in [0.5, 0.6) is 23.0 Å². The van der Waals surface area contributed by atoms with Gasteiger partial charge in [-0.1, -0.05) is 24.3 Å². The van der Waals surface area contributed by atoms with Gasteiger partial charge in [-0.05, 0) is 24.3 Å². The Morgan fingerprint density at radius 1 is 0.800 bits per heavy atom. The molecule has 8 nitrogen and oxygen atoms in total. The van der Waals surface area contributed by atoms with Crippen molar-refractivity contribution in [2.75, 3.05) is 52.9 Å². The first-order chi connectivity index (χ1) is 14.7. The topological polar surface area (TPSA) is 92.7 Å². The summed E-state index contributed by atoms with van der Waals surface area (Å²) in [6, 6.07) is 14.7. The first-order valence-electron chi connectivity index (χ1n) is 9.79. The van der Waals surface area contributed by atoms with Crippen LogP contribution in [0.3, 0.4) is 0 Å². The van der Waals surface area contributed by atoms with Crippen LogP contribution in [0.25, 0.3) is 0 Å². The summed E-state index contributed by atoms with van der Waals surface area (Å²) >= 11 is 0. The normalized spacial score (nSPS) is 16.0. The summed E-state index contributed by atoms with van der Waals surface area (Å²) in [5.41, 5.74) is 0. The largest absolute Gasteiger partial charge is 0.489 e. The van der Waals surface area contributed by atoms with Gasteiger partial charge in [0, 0.05) is 0 Å². The molecule has 0 atom stereocenters. The average Bonchev–Trinajstić information content (AvgIpc) is 2.75. The Morgan fingerprint density at radius 2 is 1.27 bits per heavy atom. The van der Waals surface area contributed by atoms with Crippen molar-refractivity contribution in [1.29, 1.82) is 0 Å². The first-order valence-corrected chi connectivity index (χ1v) is 9.79. The quantitative estimate of drug-likeness (QED) is 0.810. The minimum Gasteiger partial charge on any atom is -0.489 e. The molecule has 0 spiro atoms. The molecule has 3 rings (SSSR count). The lowest BCUT2D eigenvalue weighted by Crippen LogP contribution is -2.26. The van der Waals surface area contributed by atoms with Crippen LogP contribution in [0, 0.1) is 5.92 Å². The lowest BCUT2D eigenvalue weighted by atomic mass is 10.2. The van der Waals surface area contributed by atoms with E-state index in [1.54, 1.807) is 0 Å². The van der Waals surface area contributed by atoms with Crippen LogP contribution in [0.15, 0.2) is 48.5 Å². The van der Waals surface area contributed by atoms with Crippen molar-refractivity contribution in [2.24, 2.45) is 5.92 Å². The van der Waals surface area contributed by atoms with Gasteiger partial charge in [-0.15, -0.1) is 0 Å². The van der Waals surface area contributed by atoms with Crippen molar-refractivity contribution in [2.45, 2.75) is 0 Å². The number of carboxylic acids is 1. The molecule has 1 aliphatic heterocycles. The van der Waals surface area contributed by atoms with E-state index in [0.717, 1.165) is 0 Å². The number of para-hydroxylation sites is 4. The second-order valence-electron chi connectivity index (χ2n) is 6.60. The molecule has 8 heteroatoms. The molecule has 0 saturated carbocycles. The molecule has 0 fully saturated rings. The van der Waals surface area contributed by atoms with Crippen LogP contribution >= 0.6 is 0 Å². The van der Waals surface area contributed by atoms with Crippen molar-refractivity contribution in [1.82, 2.24) is 0 Å². The smallest absolute Gasteiger partial charge is 0.329 e. The van der Waals surface area contributed by atoms with E-state index in [-0.39, 0.29) is 32.3 Å². The monoisotopic (exact) mass is 418 g/mol. The van der Waals surface area contributed by atoms with Gasteiger partial charge < -0.3 is 33.5 Å². The maximum Gasteiger partial charge on any atom is 0.329 e. The van der Waals surface area contributed by atoms with Gasteiger partial charge in [-0.2, -0.15) is 0 Å². The van der Waals surface area contributed by atoms with Gasteiger partial charge in [0.2, 0.25) is 0 Å². The van der Waals surface area contributed by atoms with Crippen LogP contribution in [-0.2, 0) is 14.3 Å². The van der Waals surface area contributed by atoms with Crippen molar-refractivity contribution in [3.05, 3.63) is 48.5 Å². The van der Waals surface area contributed by atoms with Crippen LogP contribution in [0.4, 0.5) is 0 Å². The highest BCUT2D eigenvalue weighted by molar-refractivity contribution is 5.67. The second kappa shape index (κ2) is 11.9. The minimum absolute atomic E-state index is 0.173. The predicted molar refractivity (Wildman–Crippen MR) is 108 cm³/mol. The molecule has 162 valence electrons. The van der Waals surface area contributed by atoms with Crippen LogP contribution < -0.4 is 18.9 Å². The fourth-order valence-electron chi connectivity index (χ4n) is 2.77. The fraction of sp³-hybridized carbons (Fsp3) is 0.409. The van der Waals surface area contributed by atoms with E-state index in [4.69, 9.17) is 33.5 Å². The summed E-state index contributed by atoms with van der Waals surface area (Å²) in [4.78, 5) is 10.8. The Morgan fingerprint density at radius 3 is 1.73 bits per heavy atom. The molecule has 0 unspecified atom stereocenters. The second-order valence-corrected chi connectivity index (χ2v) is 6.60. The van der Waals surface area contributed by atoms with E-state index in [1.165, 1.54) is 0 Å². The van der Waals surface area contributed by atoms with Crippen molar-refractivity contribution >= 4 is 5.97 Å². The highest BCUT2D eigenvalue weighted by Gasteiger charge is 2.16. The van der Waals surface area contributed by atoms with Crippen LogP contribution in [0.1, 0.15) is 0 Å². The van der Waals surface area contributed by atoms with Gasteiger partial charge in [0.15, 0.2) is 23.0 Å². The van der Waals surface area contributed by atoms with E-state index in [2.05, 4.69) is 0 Å². The van der Waals surface area contributed by atoms with Gasteiger partial charge in [0.25, 0.3) is 0 Å². The molecule has 0 radical (unpaired) electrons. The zero-order chi connectivity index (χ0) is 21.0. The third-order valence-electron chi connectivity index (χ3n) is 4.20. The molecule has 2 aromatic rings. The van der Waals surface area contributed by atoms with Gasteiger partial charge in [-0.25, -0.2) is 4.79 Å². The molecule has 0 aliphatic carbocycles. The number of fused-ring (bicyclic) bond motifs is 2. The summed E-state index contributed by atoms with van der Waals surface area (Å²) in [5.74, 6) is 1.18. The molecule has 1 aliphatic rings. The molecule has 0 bridgehead atoms. The SMILES string of the molecule is O=C(O)COCC1COc2ccccc2OCCOCCOc2ccccc2OC1. The van der Waals surface area contributed by atoms with E-state index < -0.39 is 5.97 Å². The third-order valence-corrected chi connectivity index (χ3v) is 4.20. The Labute approximate surface area is 175 Å². The molecule has 0 aromatic heterocycles. The summed E-state index contributed by atoms with van der Waals surface area (Å²) in [7, 11) is 0. The first kappa shape index (κ1) is 21.7. The van der Waals surface area contributed by atoms with Gasteiger partial charge in [-0.3, -0.25) is 0 Å². The number of rotatable bonds is 4. The molecule has 1 N–H and O–H groups in total. The zero-order valence-corrected chi connectivity index (χ0v) is 16.7. The highest BCUT2D eigenvalue weighted by atomic mass is 16.6. The molecule has 30 heavy (non-hydrogen) atoms. The Bertz CT molecular complexity index is 739. The van der Waals surface area contributed by atoms with Gasteiger partial charge >= 0.3 is 5.97 Å². The summed E-state index contributed by atoms with van der Waals surface area (Å²) in [6.07, 6.45) is 0. The summed E-state index contributed by atoms with van der Waals surface area (Å²) in [6.45, 7) is 1.92. The summed E-state index contributed by atoms with van der Waals surface area (Å²) in [5, 5.41) is 8.83. The van der Waals surface area contributed by atoms with E-state index in [0.29, 0.717) is 49.4 Å². The van der Waals surface area contributed by atoms with E-state index in [1.807, 2.05) is 48.5 Å². The average molecular weight is 418 g/mol. The standard InChI is InChI=1S/C22H26O8/c23-22(24)16-26-13-17-14-29-20-7-3-1-5-18(20)27-11-9-25-10-12-28-19-6-2-4-8-21(19)30-15-17/h1-8,17H,9-16H2,(H,23,24). The lowest BCUT2D eigenvalue weighted by Gasteiger charge is -2.21. The highest BCUT2D eigenvalue weighted by Crippen LogP contribution is 2.29. The maximum atomic E-state index is 10.8. The van der Waals surface area contributed by atoms with Crippen molar-refractivity contribution < 1.29 is 38.3 Å². The number of hydrogen-bond acceptors (Lipinski definition) is 7. The molecule has 1 heterocycles. The van der Waals surface area contributed by atoms with Crippen molar-refractivity contribution in [3.63, 3.8) is 0 Å². The minimum atomic E-state index is -1.02. The third kappa shape index (κ3) is 7.13. The number of ether oxygens (including phenoxy) is 6. The predicted octanol–water partition coefficient (Wildman–Crippen LogP) is 2.65. The number of aliphatic carboxylic acids is 1. The Kier molecular flexibility index (Phi) is 8.62. The van der Waals surface area contributed by atoms with Crippen LogP contribution in [-0.4, -0.2) is 63.9 Å². The fourth-order valence-corrected chi connectivity index (χ4v) is 2.77. The van der Waals surface area contributed by atoms with Gasteiger partial charge in [0.05, 0.1) is 39.0 Å². The molecular weight excluding hydrogens is 392 g/mol. The molecule has 0 saturated heterocycles. The van der Waals surface area contributed by atoms with Crippen molar-refractivity contribution in [3.8, 4) is 23.0 Å². The van der Waals surface area contributed by atoms with E-state index >= 15 is 0 Å². The number of benzene rings is 2. The number of carboxylic acid groups (broad SMARTS) is 1. The van der Waals surface area contributed by atoms with Gasteiger partial charge in [0.1, 0.15) is 19.8 Å². The molecule has 0 amide bonds. The Hall–Kier alpha value is -2.97. The zero-order valence-electron chi connectivity index (χ0n) is 16.7. The summed E-state index contributed by atoms with van der Waals surface area (Å²) < 4.78 is 34.2. The number of hydrogen-bond donors (Lipinski definition) is 1. The maximum absolute atomic E-state index is 10.8. The number of carbonyl (C=O) groups is 1. The lowest BCUT2D eigenvalue weighted by molar-refractivity contribution is -0.143. The Balaban J connectivity index is 1.72.